The van der Waals surface area contributed by atoms with Gasteiger partial charge in [-0.05, 0) is 55.3 Å². The smallest absolute Gasteiger partial charge is 0.297 e. The SMILES string of the molecule is O=C1N(c2ccc(F)cc2)c2ccc(S(=O)(=O)N3CCC(F)C3)cc2C12OCCCO2. The fourth-order valence-electron chi connectivity index (χ4n) is 4.22. The molecule has 3 aliphatic heterocycles. The number of ether oxygens (including phenoxy) is 2. The molecular weight excluding hydrogens is 430 g/mol. The van der Waals surface area contributed by atoms with Crippen molar-refractivity contribution >= 4 is 27.3 Å². The monoisotopic (exact) mass is 450 g/mol. The normalized spacial score (nSPS) is 23.5. The van der Waals surface area contributed by atoms with Gasteiger partial charge in [-0.25, -0.2) is 17.2 Å². The zero-order chi connectivity index (χ0) is 21.8. The summed E-state index contributed by atoms with van der Waals surface area (Å²) in [6.45, 7) is 0.418. The molecule has 2 aromatic rings. The zero-order valence-corrected chi connectivity index (χ0v) is 17.3. The molecule has 1 spiro atoms. The number of carbonyl (C=O) groups is 1. The molecule has 5 rings (SSSR count). The van der Waals surface area contributed by atoms with Crippen LogP contribution in [0, 0.1) is 5.82 Å². The molecule has 2 saturated heterocycles. The Bertz CT molecular complexity index is 1130. The first kappa shape index (κ1) is 20.5. The van der Waals surface area contributed by atoms with E-state index in [1.54, 1.807) is 0 Å². The number of hydrogen-bond acceptors (Lipinski definition) is 5. The summed E-state index contributed by atoms with van der Waals surface area (Å²) in [6, 6.07) is 9.62. The number of nitrogens with zero attached hydrogens (tertiary/aromatic N) is 2. The van der Waals surface area contributed by atoms with E-state index in [1.807, 2.05) is 0 Å². The maximum atomic E-state index is 13.6. The number of benzene rings is 2. The van der Waals surface area contributed by atoms with Gasteiger partial charge in [0.25, 0.3) is 11.7 Å². The molecule has 31 heavy (non-hydrogen) atoms. The van der Waals surface area contributed by atoms with Crippen LogP contribution < -0.4 is 4.90 Å². The van der Waals surface area contributed by atoms with E-state index in [9.17, 15) is 22.0 Å². The maximum Gasteiger partial charge on any atom is 0.297 e. The van der Waals surface area contributed by atoms with Gasteiger partial charge in [-0.1, -0.05) is 0 Å². The lowest BCUT2D eigenvalue weighted by atomic mass is 10.1. The van der Waals surface area contributed by atoms with Crippen LogP contribution in [0.25, 0.3) is 0 Å². The number of amides is 1. The fraction of sp³-hybridized carbons (Fsp3) is 0.381. The highest BCUT2D eigenvalue weighted by molar-refractivity contribution is 7.89. The summed E-state index contributed by atoms with van der Waals surface area (Å²) in [4.78, 5) is 14.7. The Kier molecular flexibility index (Phi) is 4.85. The van der Waals surface area contributed by atoms with Gasteiger partial charge in [0.2, 0.25) is 10.0 Å². The summed E-state index contributed by atoms with van der Waals surface area (Å²) in [7, 11) is -3.95. The number of halogens is 2. The van der Waals surface area contributed by atoms with Gasteiger partial charge in [0.15, 0.2) is 0 Å². The molecule has 0 N–H and O–H groups in total. The number of rotatable bonds is 3. The summed E-state index contributed by atoms with van der Waals surface area (Å²) in [5, 5.41) is 0. The van der Waals surface area contributed by atoms with E-state index in [4.69, 9.17) is 9.47 Å². The van der Waals surface area contributed by atoms with Gasteiger partial charge in [-0.3, -0.25) is 9.69 Å². The highest BCUT2D eigenvalue weighted by Gasteiger charge is 2.56. The van der Waals surface area contributed by atoms with Gasteiger partial charge < -0.3 is 9.47 Å². The van der Waals surface area contributed by atoms with Gasteiger partial charge in [0.1, 0.15) is 12.0 Å². The molecule has 0 saturated carbocycles. The molecule has 0 aromatic heterocycles. The highest BCUT2D eigenvalue weighted by atomic mass is 32.2. The second kappa shape index (κ2) is 7.33. The van der Waals surface area contributed by atoms with Crippen molar-refractivity contribution in [1.82, 2.24) is 4.31 Å². The Morgan fingerprint density at radius 3 is 2.42 bits per heavy atom. The predicted octanol–water partition coefficient (Wildman–Crippen LogP) is 2.83. The number of fused-ring (bicyclic) bond motifs is 2. The van der Waals surface area contributed by atoms with Crippen molar-refractivity contribution in [2.75, 3.05) is 31.2 Å². The van der Waals surface area contributed by atoms with Crippen molar-refractivity contribution in [2.24, 2.45) is 0 Å². The molecule has 3 heterocycles. The van der Waals surface area contributed by atoms with Gasteiger partial charge in [-0.15, -0.1) is 0 Å². The first-order valence-electron chi connectivity index (χ1n) is 10.00. The van der Waals surface area contributed by atoms with E-state index < -0.39 is 33.7 Å². The predicted molar refractivity (Wildman–Crippen MR) is 106 cm³/mol. The molecule has 3 aliphatic rings. The lowest BCUT2D eigenvalue weighted by Gasteiger charge is -2.32. The van der Waals surface area contributed by atoms with Gasteiger partial charge in [0.05, 0.1) is 23.8 Å². The molecular formula is C21H20F2N2O5S. The summed E-state index contributed by atoms with van der Waals surface area (Å²) in [5.74, 6) is -2.76. The first-order valence-corrected chi connectivity index (χ1v) is 11.4. The minimum absolute atomic E-state index is 0.0637. The van der Waals surface area contributed by atoms with Gasteiger partial charge in [0, 0.05) is 24.3 Å². The number of anilines is 2. The summed E-state index contributed by atoms with van der Waals surface area (Å²) in [6.07, 6.45) is -0.460. The largest absolute Gasteiger partial charge is 0.338 e. The molecule has 164 valence electrons. The average molecular weight is 450 g/mol. The minimum Gasteiger partial charge on any atom is -0.338 e. The third kappa shape index (κ3) is 3.16. The van der Waals surface area contributed by atoms with Crippen LogP contribution in [-0.2, 0) is 30.1 Å². The molecule has 10 heteroatoms. The number of alkyl halides is 1. The molecule has 1 atom stereocenters. The van der Waals surface area contributed by atoms with E-state index in [2.05, 4.69) is 0 Å². The summed E-state index contributed by atoms with van der Waals surface area (Å²) < 4.78 is 65.9. The van der Waals surface area contributed by atoms with Crippen molar-refractivity contribution in [3.8, 4) is 0 Å². The number of hydrogen-bond donors (Lipinski definition) is 0. The highest BCUT2D eigenvalue weighted by Crippen LogP contribution is 2.49. The Balaban J connectivity index is 1.63. The second-order valence-corrected chi connectivity index (χ2v) is 9.65. The van der Waals surface area contributed by atoms with Crippen LogP contribution in [0.2, 0.25) is 0 Å². The molecule has 1 amide bonds. The van der Waals surface area contributed by atoms with E-state index >= 15 is 0 Å². The zero-order valence-electron chi connectivity index (χ0n) is 16.5. The van der Waals surface area contributed by atoms with E-state index in [1.165, 1.54) is 47.4 Å². The Hall–Kier alpha value is -2.40. The summed E-state index contributed by atoms with van der Waals surface area (Å²) in [5.41, 5.74) is 1.05. The lowest BCUT2D eigenvalue weighted by Crippen LogP contribution is -2.46. The van der Waals surface area contributed by atoms with E-state index in [0.717, 1.165) is 4.31 Å². The van der Waals surface area contributed by atoms with Crippen LogP contribution in [-0.4, -0.2) is 51.1 Å². The van der Waals surface area contributed by atoms with Crippen LogP contribution in [0.5, 0.6) is 0 Å². The second-order valence-electron chi connectivity index (χ2n) is 7.71. The van der Waals surface area contributed by atoms with Gasteiger partial charge >= 0.3 is 0 Å². The van der Waals surface area contributed by atoms with E-state index in [0.29, 0.717) is 17.8 Å². The quantitative estimate of drug-likeness (QED) is 0.719. The fourth-order valence-corrected chi connectivity index (χ4v) is 5.73. The van der Waals surface area contributed by atoms with Crippen molar-refractivity contribution < 1.29 is 31.5 Å². The average Bonchev–Trinajstić information content (AvgIpc) is 3.31. The Morgan fingerprint density at radius 1 is 1.06 bits per heavy atom. The third-order valence-electron chi connectivity index (χ3n) is 5.76. The topological polar surface area (TPSA) is 76.2 Å². The van der Waals surface area contributed by atoms with Crippen LogP contribution in [0.3, 0.4) is 0 Å². The van der Waals surface area contributed by atoms with Crippen molar-refractivity contribution in [2.45, 2.75) is 29.7 Å². The lowest BCUT2D eigenvalue weighted by molar-refractivity contribution is -0.256. The van der Waals surface area contributed by atoms with Gasteiger partial charge in [-0.2, -0.15) is 4.31 Å². The van der Waals surface area contributed by atoms with Crippen molar-refractivity contribution in [3.63, 3.8) is 0 Å². The Labute approximate surface area is 178 Å². The first-order chi connectivity index (χ1) is 14.8. The van der Waals surface area contributed by atoms with Crippen LogP contribution in [0.15, 0.2) is 47.4 Å². The molecule has 0 radical (unpaired) electrons. The molecule has 2 fully saturated rings. The maximum absolute atomic E-state index is 13.6. The van der Waals surface area contributed by atoms with Crippen LogP contribution in [0.1, 0.15) is 18.4 Å². The molecule has 0 bridgehead atoms. The number of sulfonamides is 1. The third-order valence-corrected chi connectivity index (χ3v) is 7.62. The summed E-state index contributed by atoms with van der Waals surface area (Å²) >= 11 is 0. The number of carbonyl (C=O) groups excluding carboxylic acids is 1. The molecule has 2 aromatic carbocycles. The standard InChI is InChI=1S/C21H20F2N2O5S/c22-14-2-4-16(5-3-14)25-19-7-6-17(31(27,28)24-9-8-15(23)13-24)12-18(19)21(20(25)26)29-10-1-11-30-21/h2-7,12,15H,1,8-11,13H2. The van der Waals surface area contributed by atoms with Crippen molar-refractivity contribution in [3.05, 3.63) is 53.8 Å². The van der Waals surface area contributed by atoms with Crippen molar-refractivity contribution in [1.29, 1.82) is 0 Å². The molecule has 7 nitrogen and oxygen atoms in total. The Morgan fingerprint density at radius 2 is 1.77 bits per heavy atom. The molecule has 0 aliphatic carbocycles. The minimum atomic E-state index is -3.95. The molecule has 1 unspecified atom stereocenters. The van der Waals surface area contributed by atoms with E-state index in [-0.39, 0.29) is 43.2 Å². The van der Waals surface area contributed by atoms with Crippen LogP contribution in [0.4, 0.5) is 20.2 Å². The van der Waals surface area contributed by atoms with Crippen LogP contribution >= 0.6 is 0 Å².